The SMILES string of the molecule is COc1cc(C(=O)N2C[C@H](N)C[C@@H](F)C2)cc2nc(-c3cc4cnn5c4n3CC3CC3C5(C)C)n(C)c12. The predicted octanol–water partition coefficient (Wildman–Crippen LogP) is 3.30. The van der Waals surface area contributed by atoms with Crippen molar-refractivity contribution >= 4 is 28.0 Å². The number of nitrogens with zero attached hydrogens (tertiary/aromatic N) is 6. The quantitative estimate of drug-likeness (QED) is 0.461. The number of benzene rings is 1. The predicted molar refractivity (Wildman–Crippen MR) is 138 cm³/mol. The Morgan fingerprint density at radius 2 is 2.00 bits per heavy atom. The van der Waals surface area contributed by atoms with Crippen LogP contribution >= 0.6 is 0 Å². The zero-order chi connectivity index (χ0) is 25.8. The smallest absolute Gasteiger partial charge is 0.254 e. The summed E-state index contributed by atoms with van der Waals surface area (Å²) in [5.41, 5.74) is 10.0. The Morgan fingerprint density at radius 1 is 1.19 bits per heavy atom. The van der Waals surface area contributed by atoms with Crippen LogP contribution in [-0.4, -0.2) is 67.1 Å². The Labute approximate surface area is 214 Å². The van der Waals surface area contributed by atoms with Gasteiger partial charge in [0.15, 0.2) is 5.82 Å². The Morgan fingerprint density at radius 3 is 2.76 bits per heavy atom. The van der Waals surface area contributed by atoms with Gasteiger partial charge in [0.05, 0.1) is 36.6 Å². The minimum absolute atomic E-state index is 0.0310. The molecule has 3 aromatic heterocycles. The molecule has 1 amide bonds. The van der Waals surface area contributed by atoms with Gasteiger partial charge in [0, 0.05) is 37.1 Å². The highest BCUT2D eigenvalue weighted by molar-refractivity contribution is 6.00. The van der Waals surface area contributed by atoms with Crippen LogP contribution in [0.15, 0.2) is 24.4 Å². The molecule has 0 radical (unpaired) electrons. The summed E-state index contributed by atoms with van der Waals surface area (Å²) in [4.78, 5) is 19.8. The number of halogens is 1. The van der Waals surface area contributed by atoms with Crippen LogP contribution in [0.2, 0.25) is 0 Å². The van der Waals surface area contributed by atoms with Crippen LogP contribution in [0.3, 0.4) is 0 Å². The van der Waals surface area contributed by atoms with Crippen molar-refractivity contribution in [1.82, 2.24) is 28.8 Å². The van der Waals surface area contributed by atoms with Crippen LogP contribution in [0.1, 0.15) is 37.0 Å². The molecule has 1 saturated carbocycles. The third kappa shape index (κ3) is 3.20. The molecule has 10 heteroatoms. The second-order valence-corrected chi connectivity index (χ2v) is 11.6. The molecule has 0 spiro atoms. The van der Waals surface area contributed by atoms with E-state index < -0.39 is 6.17 Å². The standard InChI is InChI=1S/C27H32FN7O2/c1-27(2)19-5-16(19)11-34-21(7-15-10-30-35(27)25(15)34)24-31-20-6-14(8-22(37-4)23(20)32(24)3)26(36)33-12-17(28)9-18(29)13-33/h6-8,10,16-19H,5,9,11-13,29H2,1-4H3/t16?,17-,18-,19?/m1/s1. The van der Waals surface area contributed by atoms with Crippen molar-refractivity contribution in [1.29, 1.82) is 0 Å². The van der Waals surface area contributed by atoms with Gasteiger partial charge in [-0.1, -0.05) is 0 Å². The van der Waals surface area contributed by atoms with E-state index >= 15 is 0 Å². The summed E-state index contributed by atoms with van der Waals surface area (Å²) in [5, 5.41) is 5.86. The van der Waals surface area contributed by atoms with E-state index in [1.54, 1.807) is 19.2 Å². The largest absolute Gasteiger partial charge is 0.494 e. The number of methoxy groups -OCH3 is 1. The fourth-order valence-corrected chi connectivity index (χ4v) is 6.81. The van der Waals surface area contributed by atoms with Crippen LogP contribution in [0, 0.1) is 11.8 Å². The van der Waals surface area contributed by atoms with E-state index in [1.807, 2.05) is 17.8 Å². The number of aromatic nitrogens is 5. The van der Waals surface area contributed by atoms with Crippen LogP contribution in [-0.2, 0) is 19.1 Å². The number of aryl methyl sites for hydroxylation is 1. The first-order valence-corrected chi connectivity index (χ1v) is 13.0. The molecule has 1 aliphatic carbocycles. The molecular weight excluding hydrogens is 473 g/mol. The molecule has 4 aromatic rings. The molecule has 9 nitrogen and oxygen atoms in total. The van der Waals surface area contributed by atoms with E-state index in [2.05, 4.69) is 29.2 Å². The zero-order valence-electron chi connectivity index (χ0n) is 21.6. The maximum Gasteiger partial charge on any atom is 0.254 e. The zero-order valence-corrected chi connectivity index (χ0v) is 21.6. The number of alkyl halides is 1. The second kappa shape index (κ2) is 7.56. The maximum atomic E-state index is 14.2. The summed E-state index contributed by atoms with van der Waals surface area (Å²) in [7, 11) is 3.57. The van der Waals surface area contributed by atoms with E-state index in [9.17, 15) is 9.18 Å². The number of fused-ring (bicyclic) bond motifs is 2. The number of carbonyl (C=O) groups is 1. The summed E-state index contributed by atoms with van der Waals surface area (Å²) in [6, 6.07) is 5.30. The van der Waals surface area contributed by atoms with Crippen LogP contribution in [0.4, 0.5) is 4.39 Å². The molecule has 1 aromatic carbocycles. The van der Waals surface area contributed by atoms with Gasteiger partial charge >= 0.3 is 0 Å². The van der Waals surface area contributed by atoms with Gasteiger partial charge in [-0.3, -0.25) is 4.79 Å². The summed E-state index contributed by atoms with van der Waals surface area (Å²) in [6.45, 7) is 5.89. The molecule has 2 unspecified atom stereocenters. The third-order valence-electron chi connectivity index (χ3n) is 8.75. The van der Waals surface area contributed by atoms with Gasteiger partial charge in [0.2, 0.25) is 0 Å². The highest BCUT2D eigenvalue weighted by Gasteiger charge is 2.52. The van der Waals surface area contributed by atoms with E-state index in [0.29, 0.717) is 35.2 Å². The molecule has 2 fully saturated rings. The lowest BCUT2D eigenvalue weighted by atomic mass is 9.97. The number of nitrogens with two attached hydrogens (primary N) is 1. The molecule has 7 rings (SSSR count). The fourth-order valence-electron chi connectivity index (χ4n) is 6.81. The Bertz CT molecular complexity index is 1570. The number of likely N-dealkylation sites (tertiary alicyclic amines) is 1. The van der Waals surface area contributed by atoms with E-state index in [0.717, 1.165) is 34.6 Å². The number of carbonyl (C=O) groups excluding carboxylic acids is 1. The molecule has 37 heavy (non-hydrogen) atoms. The first-order chi connectivity index (χ1) is 17.7. The van der Waals surface area contributed by atoms with Crippen molar-refractivity contribution in [3.63, 3.8) is 0 Å². The molecule has 3 aliphatic rings. The van der Waals surface area contributed by atoms with Gasteiger partial charge in [-0.25, -0.2) is 14.1 Å². The molecule has 5 heterocycles. The highest BCUT2D eigenvalue weighted by atomic mass is 19.1. The van der Waals surface area contributed by atoms with Gasteiger partial charge in [-0.05, 0) is 56.7 Å². The van der Waals surface area contributed by atoms with Crippen molar-refractivity contribution in [3.8, 4) is 17.3 Å². The average molecular weight is 506 g/mol. The molecule has 194 valence electrons. The first-order valence-electron chi connectivity index (χ1n) is 13.0. The average Bonchev–Trinajstić information content (AvgIpc) is 3.25. The van der Waals surface area contributed by atoms with E-state index in [4.69, 9.17) is 20.6 Å². The fraction of sp³-hybridized carbons (Fsp3) is 0.519. The van der Waals surface area contributed by atoms with Crippen LogP contribution < -0.4 is 10.5 Å². The van der Waals surface area contributed by atoms with E-state index in [1.165, 1.54) is 11.3 Å². The van der Waals surface area contributed by atoms with Gasteiger partial charge in [0.25, 0.3) is 5.91 Å². The molecular formula is C27H32FN7O2. The molecule has 0 bridgehead atoms. The topological polar surface area (TPSA) is 96.1 Å². The number of piperidine rings is 1. The number of ether oxygens (including phenoxy) is 1. The summed E-state index contributed by atoms with van der Waals surface area (Å²) in [6.07, 6.45) is 2.31. The van der Waals surface area contributed by atoms with Gasteiger partial charge in [-0.2, -0.15) is 5.10 Å². The Balaban J connectivity index is 1.36. The Hall–Kier alpha value is -3.40. The summed E-state index contributed by atoms with van der Waals surface area (Å²) < 4.78 is 26.5. The lowest BCUT2D eigenvalue weighted by molar-refractivity contribution is 0.0606. The van der Waals surface area contributed by atoms with Gasteiger partial charge in [-0.15, -0.1) is 0 Å². The number of amides is 1. The van der Waals surface area contributed by atoms with Gasteiger partial charge in [0.1, 0.15) is 23.1 Å². The van der Waals surface area contributed by atoms with Crippen LogP contribution in [0.5, 0.6) is 5.75 Å². The molecule has 4 atom stereocenters. The lowest BCUT2D eigenvalue weighted by Gasteiger charge is -2.33. The number of hydrogen-bond donors (Lipinski definition) is 1. The normalized spacial score (nSPS) is 26.4. The van der Waals surface area contributed by atoms with Crippen molar-refractivity contribution in [2.75, 3.05) is 20.2 Å². The molecule has 2 N–H and O–H groups in total. The minimum atomic E-state index is -1.11. The first kappa shape index (κ1) is 22.8. The van der Waals surface area contributed by atoms with Gasteiger partial charge < -0.3 is 24.5 Å². The number of rotatable bonds is 3. The number of imidazole rings is 1. The highest BCUT2D eigenvalue weighted by Crippen LogP contribution is 2.54. The van der Waals surface area contributed by atoms with Crippen molar-refractivity contribution in [3.05, 3.63) is 30.0 Å². The maximum absolute atomic E-state index is 14.2. The summed E-state index contributed by atoms with van der Waals surface area (Å²) >= 11 is 0. The second-order valence-electron chi connectivity index (χ2n) is 11.6. The van der Waals surface area contributed by atoms with Crippen molar-refractivity contribution in [2.45, 2.75) is 51.0 Å². The molecule has 1 saturated heterocycles. The monoisotopic (exact) mass is 505 g/mol. The van der Waals surface area contributed by atoms with Crippen molar-refractivity contribution < 1.29 is 13.9 Å². The molecule has 2 aliphatic heterocycles. The van der Waals surface area contributed by atoms with Crippen LogP contribution in [0.25, 0.3) is 33.6 Å². The Kier molecular flexibility index (Phi) is 4.66. The van der Waals surface area contributed by atoms with Crippen molar-refractivity contribution in [2.24, 2.45) is 24.6 Å². The minimum Gasteiger partial charge on any atom is -0.494 e. The van der Waals surface area contributed by atoms with E-state index in [-0.39, 0.29) is 30.5 Å². The number of hydrogen-bond acceptors (Lipinski definition) is 5. The lowest BCUT2D eigenvalue weighted by Crippen LogP contribution is -2.50. The third-order valence-corrected chi connectivity index (χ3v) is 8.75. The summed E-state index contributed by atoms with van der Waals surface area (Å²) in [5.74, 6) is 2.34.